The zero-order valence-corrected chi connectivity index (χ0v) is 16.6. The van der Waals surface area contributed by atoms with Crippen LogP contribution in [0.25, 0.3) is 21.3 Å². The van der Waals surface area contributed by atoms with E-state index in [9.17, 15) is 4.79 Å². The lowest BCUT2D eigenvalue weighted by Gasteiger charge is -2.03. The highest BCUT2D eigenvalue weighted by molar-refractivity contribution is 7.19. The van der Waals surface area contributed by atoms with E-state index in [0.29, 0.717) is 22.6 Å². The molecule has 0 saturated carbocycles. The predicted molar refractivity (Wildman–Crippen MR) is 110 cm³/mol. The average molecular weight is 413 g/mol. The quantitative estimate of drug-likeness (QED) is 0.540. The maximum Gasteiger partial charge on any atom is 0.291 e. The van der Waals surface area contributed by atoms with E-state index in [-0.39, 0.29) is 18.7 Å². The molecule has 8 nitrogen and oxygen atoms in total. The van der Waals surface area contributed by atoms with Crippen LogP contribution in [-0.4, -0.2) is 41.7 Å². The lowest BCUT2D eigenvalue weighted by atomic mass is 10.3. The SMILES string of the molecule is Cn1c2nc(CC3=NCC=C3)sc2c2cnn(Cc3csc(CO)n3)c(=O)c21. The average Bonchev–Trinajstić information content (AvgIpc) is 3.46. The maximum absolute atomic E-state index is 13.0. The van der Waals surface area contributed by atoms with Gasteiger partial charge in [0.05, 0.1) is 36.3 Å². The molecule has 1 N–H and O–H groups in total. The molecule has 5 rings (SSSR count). The molecule has 0 aliphatic carbocycles. The maximum atomic E-state index is 13.0. The first-order chi connectivity index (χ1) is 13.6. The van der Waals surface area contributed by atoms with Crippen molar-refractivity contribution < 1.29 is 5.11 Å². The third-order valence-corrected chi connectivity index (χ3v) is 6.62. The summed E-state index contributed by atoms with van der Waals surface area (Å²) in [6, 6.07) is 0. The second kappa shape index (κ2) is 6.73. The highest BCUT2D eigenvalue weighted by Gasteiger charge is 2.19. The number of aliphatic imine (C=N–C) groups is 1. The minimum Gasteiger partial charge on any atom is -0.389 e. The van der Waals surface area contributed by atoms with Crippen molar-refractivity contribution in [2.24, 2.45) is 12.0 Å². The van der Waals surface area contributed by atoms with Crippen LogP contribution in [0.5, 0.6) is 0 Å². The van der Waals surface area contributed by atoms with Gasteiger partial charge in [-0.15, -0.1) is 22.7 Å². The second-order valence-corrected chi connectivity index (χ2v) is 8.52. The Bertz CT molecular complexity index is 1320. The zero-order chi connectivity index (χ0) is 19.3. The first kappa shape index (κ1) is 17.4. The van der Waals surface area contributed by atoms with Gasteiger partial charge < -0.3 is 9.67 Å². The van der Waals surface area contributed by atoms with Crippen molar-refractivity contribution in [1.82, 2.24) is 24.3 Å². The van der Waals surface area contributed by atoms with Gasteiger partial charge in [0.15, 0.2) is 5.65 Å². The molecule has 4 aromatic rings. The topological polar surface area (TPSA) is 98.2 Å². The van der Waals surface area contributed by atoms with Crippen LogP contribution in [0, 0.1) is 0 Å². The summed E-state index contributed by atoms with van der Waals surface area (Å²) < 4.78 is 4.22. The van der Waals surface area contributed by atoms with Gasteiger partial charge in [-0.3, -0.25) is 9.79 Å². The van der Waals surface area contributed by atoms with Gasteiger partial charge in [-0.05, 0) is 6.08 Å². The van der Waals surface area contributed by atoms with Crippen molar-refractivity contribution in [2.75, 3.05) is 6.54 Å². The molecule has 4 aromatic heterocycles. The van der Waals surface area contributed by atoms with Gasteiger partial charge in [0, 0.05) is 29.9 Å². The molecule has 0 bridgehead atoms. The summed E-state index contributed by atoms with van der Waals surface area (Å²) >= 11 is 2.95. The molecule has 5 heterocycles. The molecule has 0 fully saturated rings. The lowest BCUT2D eigenvalue weighted by Crippen LogP contribution is -2.24. The van der Waals surface area contributed by atoms with E-state index in [4.69, 9.17) is 10.1 Å². The van der Waals surface area contributed by atoms with E-state index in [1.54, 1.807) is 17.5 Å². The van der Waals surface area contributed by atoms with Crippen LogP contribution in [0.2, 0.25) is 0 Å². The number of aliphatic hydroxyl groups excluding tert-OH is 1. The third kappa shape index (κ3) is 2.81. The third-order valence-electron chi connectivity index (χ3n) is 4.66. The molecule has 0 saturated heterocycles. The fraction of sp³-hybridized carbons (Fsp3) is 0.278. The summed E-state index contributed by atoms with van der Waals surface area (Å²) in [6.45, 7) is 0.913. The molecular formula is C18H16N6O2S2. The molecule has 1 aliphatic heterocycles. The molecule has 28 heavy (non-hydrogen) atoms. The fourth-order valence-corrected chi connectivity index (χ4v) is 5.11. The molecule has 0 radical (unpaired) electrons. The van der Waals surface area contributed by atoms with Crippen LogP contribution in [0.3, 0.4) is 0 Å². The Morgan fingerprint density at radius 2 is 2.18 bits per heavy atom. The van der Waals surface area contributed by atoms with Gasteiger partial charge >= 0.3 is 0 Å². The molecule has 0 aromatic carbocycles. The Kier molecular flexibility index (Phi) is 4.18. The summed E-state index contributed by atoms with van der Waals surface area (Å²) in [5.74, 6) is 0. The zero-order valence-electron chi connectivity index (χ0n) is 15.0. The van der Waals surface area contributed by atoms with Gasteiger partial charge in [-0.1, -0.05) is 6.08 Å². The van der Waals surface area contributed by atoms with E-state index in [0.717, 1.165) is 33.0 Å². The molecule has 0 atom stereocenters. The van der Waals surface area contributed by atoms with Crippen LogP contribution in [0.1, 0.15) is 15.7 Å². The van der Waals surface area contributed by atoms with Gasteiger partial charge in [0.25, 0.3) is 5.56 Å². The standard InChI is InChI=1S/C18H16N6O2S2/c1-23-15-12(16-17(23)22-13(28-16)5-10-3-2-4-19-10)6-20-24(18(15)26)7-11-9-27-14(8-25)21-11/h2-3,6,9,25H,4-5,7-8H2,1H3. The van der Waals surface area contributed by atoms with Crippen LogP contribution >= 0.6 is 22.7 Å². The number of aromatic nitrogens is 5. The van der Waals surface area contributed by atoms with Gasteiger partial charge in [-0.25, -0.2) is 14.6 Å². The molecule has 0 unspecified atom stereocenters. The van der Waals surface area contributed by atoms with E-state index in [1.165, 1.54) is 16.0 Å². The van der Waals surface area contributed by atoms with Crippen LogP contribution in [0.15, 0.2) is 33.5 Å². The molecule has 1 aliphatic rings. The summed E-state index contributed by atoms with van der Waals surface area (Å²) in [5.41, 5.74) is 2.96. The van der Waals surface area contributed by atoms with Gasteiger partial charge in [-0.2, -0.15) is 5.10 Å². The normalized spacial score (nSPS) is 13.9. The number of thiazole rings is 2. The number of allylic oxidation sites excluding steroid dienone is 1. The highest BCUT2D eigenvalue weighted by Crippen LogP contribution is 2.31. The smallest absolute Gasteiger partial charge is 0.291 e. The minimum absolute atomic E-state index is 0.101. The molecule has 142 valence electrons. The van der Waals surface area contributed by atoms with E-state index in [1.807, 2.05) is 29.1 Å². The Hall–Kier alpha value is -2.69. The summed E-state index contributed by atoms with van der Waals surface area (Å²) in [5, 5.41) is 17.8. The van der Waals surface area contributed by atoms with Crippen molar-refractivity contribution in [3.63, 3.8) is 0 Å². The summed E-state index contributed by atoms with van der Waals surface area (Å²) in [7, 11) is 1.86. The van der Waals surface area contributed by atoms with E-state index >= 15 is 0 Å². The number of hydrogen-bond donors (Lipinski definition) is 1. The minimum atomic E-state index is -0.173. The first-order valence-electron chi connectivity index (χ1n) is 8.72. The first-order valence-corrected chi connectivity index (χ1v) is 10.4. The molecule has 0 spiro atoms. The van der Waals surface area contributed by atoms with Crippen molar-refractivity contribution >= 4 is 49.6 Å². The van der Waals surface area contributed by atoms with E-state index < -0.39 is 0 Å². The van der Waals surface area contributed by atoms with Crippen molar-refractivity contribution in [1.29, 1.82) is 0 Å². The number of fused-ring (bicyclic) bond motifs is 3. The predicted octanol–water partition coefficient (Wildman–Crippen LogP) is 1.90. The van der Waals surface area contributed by atoms with Crippen molar-refractivity contribution in [3.05, 3.63) is 49.8 Å². The van der Waals surface area contributed by atoms with Crippen LogP contribution < -0.4 is 5.56 Å². The molecule has 0 amide bonds. The summed E-state index contributed by atoms with van der Waals surface area (Å²) in [6.07, 6.45) is 6.51. The Morgan fingerprint density at radius 3 is 2.93 bits per heavy atom. The van der Waals surface area contributed by atoms with Gasteiger partial charge in [0.2, 0.25) is 0 Å². The van der Waals surface area contributed by atoms with Crippen molar-refractivity contribution in [3.8, 4) is 0 Å². The Labute approximate surface area is 167 Å². The highest BCUT2D eigenvalue weighted by atomic mass is 32.1. The number of nitrogens with zero attached hydrogens (tertiary/aromatic N) is 6. The second-order valence-electron chi connectivity index (χ2n) is 6.49. The Morgan fingerprint density at radius 1 is 1.29 bits per heavy atom. The monoisotopic (exact) mass is 412 g/mol. The van der Waals surface area contributed by atoms with E-state index in [2.05, 4.69) is 15.1 Å². The largest absolute Gasteiger partial charge is 0.389 e. The number of hydrogen-bond acceptors (Lipinski definition) is 8. The lowest BCUT2D eigenvalue weighted by molar-refractivity contribution is 0.281. The van der Waals surface area contributed by atoms with Crippen LogP contribution in [0.4, 0.5) is 0 Å². The molecule has 10 heteroatoms. The molecular weight excluding hydrogens is 396 g/mol. The number of aryl methyl sites for hydroxylation is 1. The number of aliphatic hydroxyl groups is 1. The Balaban J connectivity index is 1.55. The van der Waals surface area contributed by atoms with Gasteiger partial charge in [0.1, 0.15) is 15.5 Å². The van der Waals surface area contributed by atoms with Crippen LogP contribution in [-0.2, 0) is 26.6 Å². The van der Waals surface area contributed by atoms with Crippen molar-refractivity contribution in [2.45, 2.75) is 19.6 Å². The summed E-state index contributed by atoms with van der Waals surface area (Å²) in [4.78, 5) is 26.5. The fourth-order valence-electron chi connectivity index (χ4n) is 3.35. The number of rotatable bonds is 5.